The highest BCUT2D eigenvalue weighted by Crippen LogP contribution is 2.21. The van der Waals surface area contributed by atoms with E-state index in [2.05, 4.69) is 0 Å². The molecule has 2 N–H and O–H groups in total. The van der Waals surface area contributed by atoms with Gasteiger partial charge in [0.1, 0.15) is 6.54 Å². The number of nitrogens with two attached hydrogens (primary N) is 1. The molecule has 1 aliphatic heterocycles. The highest BCUT2D eigenvalue weighted by molar-refractivity contribution is 6.30. The lowest BCUT2D eigenvalue weighted by Crippen LogP contribution is -2.31. The number of imide groups is 1. The Balaban J connectivity index is 2.21. The monoisotopic (exact) mass is 253 g/mol. The molecule has 0 radical (unpaired) electrons. The molecule has 1 saturated heterocycles. The first-order valence-corrected chi connectivity index (χ1v) is 5.46. The van der Waals surface area contributed by atoms with Crippen LogP contribution in [-0.2, 0) is 11.3 Å². The summed E-state index contributed by atoms with van der Waals surface area (Å²) >= 11 is 5.78. The molecule has 1 fully saturated rings. The predicted octanol–water partition coefficient (Wildman–Crippen LogP) is 1.32. The van der Waals surface area contributed by atoms with Gasteiger partial charge in [-0.05, 0) is 17.7 Å². The van der Waals surface area contributed by atoms with E-state index < -0.39 is 0 Å². The van der Waals surface area contributed by atoms with E-state index in [4.69, 9.17) is 17.3 Å². The van der Waals surface area contributed by atoms with E-state index in [9.17, 15) is 9.59 Å². The van der Waals surface area contributed by atoms with Gasteiger partial charge in [0, 0.05) is 17.8 Å². The summed E-state index contributed by atoms with van der Waals surface area (Å²) in [6.07, 6.45) is 0. The average Bonchev–Trinajstić information content (AvgIpc) is 2.48. The zero-order valence-electron chi connectivity index (χ0n) is 9.31. The number of amides is 3. The topological polar surface area (TPSA) is 66.6 Å². The summed E-state index contributed by atoms with van der Waals surface area (Å²) in [7, 11) is 1.59. The van der Waals surface area contributed by atoms with Gasteiger partial charge < -0.3 is 10.6 Å². The van der Waals surface area contributed by atoms with Crippen molar-refractivity contribution in [3.63, 3.8) is 0 Å². The molecule has 90 valence electrons. The normalized spacial score (nSPS) is 15.9. The Labute approximate surface area is 104 Å². The smallest absolute Gasteiger partial charge is 0.327 e. The van der Waals surface area contributed by atoms with E-state index in [1.54, 1.807) is 25.2 Å². The van der Waals surface area contributed by atoms with E-state index in [1.165, 1.54) is 9.80 Å². The third-order valence-corrected chi connectivity index (χ3v) is 2.90. The lowest BCUT2D eigenvalue weighted by molar-refractivity contribution is -0.125. The van der Waals surface area contributed by atoms with E-state index in [0.717, 1.165) is 0 Å². The number of benzene rings is 1. The van der Waals surface area contributed by atoms with Crippen molar-refractivity contribution >= 4 is 29.2 Å². The first kappa shape index (κ1) is 11.7. The molecule has 0 saturated carbocycles. The largest absolute Gasteiger partial charge is 0.398 e. The van der Waals surface area contributed by atoms with E-state index in [0.29, 0.717) is 16.3 Å². The molecule has 2 rings (SSSR count). The minimum Gasteiger partial charge on any atom is -0.398 e. The van der Waals surface area contributed by atoms with Crippen molar-refractivity contribution in [1.29, 1.82) is 0 Å². The molecule has 6 heteroatoms. The van der Waals surface area contributed by atoms with Crippen molar-refractivity contribution in [2.45, 2.75) is 6.54 Å². The average molecular weight is 254 g/mol. The summed E-state index contributed by atoms with van der Waals surface area (Å²) in [5.41, 5.74) is 6.97. The van der Waals surface area contributed by atoms with Gasteiger partial charge in [-0.3, -0.25) is 9.69 Å². The quantitative estimate of drug-likeness (QED) is 0.638. The number of nitrogens with zero attached hydrogens (tertiary/aromatic N) is 2. The molecule has 0 bridgehead atoms. The number of hydrogen-bond acceptors (Lipinski definition) is 3. The van der Waals surface area contributed by atoms with Crippen LogP contribution in [0.2, 0.25) is 5.02 Å². The number of carbonyl (C=O) groups is 2. The fourth-order valence-corrected chi connectivity index (χ4v) is 1.89. The second-order valence-corrected chi connectivity index (χ2v) is 4.40. The van der Waals surface area contributed by atoms with Crippen LogP contribution in [0.1, 0.15) is 5.56 Å². The number of likely N-dealkylation sites (N-methyl/N-ethyl adjacent to an activating group) is 1. The van der Waals surface area contributed by atoms with Crippen molar-refractivity contribution in [3.05, 3.63) is 28.8 Å². The number of rotatable bonds is 2. The van der Waals surface area contributed by atoms with Crippen molar-refractivity contribution in [2.75, 3.05) is 19.3 Å². The van der Waals surface area contributed by atoms with Crippen LogP contribution in [-0.4, -0.2) is 35.3 Å². The highest BCUT2D eigenvalue weighted by atomic mass is 35.5. The first-order valence-electron chi connectivity index (χ1n) is 5.08. The zero-order chi connectivity index (χ0) is 12.6. The number of anilines is 1. The summed E-state index contributed by atoms with van der Waals surface area (Å²) in [4.78, 5) is 25.8. The van der Waals surface area contributed by atoms with Crippen LogP contribution >= 0.6 is 11.6 Å². The molecule has 1 heterocycles. The lowest BCUT2D eigenvalue weighted by atomic mass is 10.1. The Bertz CT molecular complexity index is 490. The maximum Gasteiger partial charge on any atom is 0.327 e. The Morgan fingerprint density at radius 1 is 1.41 bits per heavy atom. The summed E-state index contributed by atoms with van der Waals surface area (Å²) in [5.74, 6) is -0.216. The maximum atomic E-state index is 11.7. The Morgan fingerprint density at radius 3 is 2.65 bits per heavy atom. The van der Waals surface area contributed by atoms with Crippen LogP contribution in [0.25, 0.3) is 0 Å². The van der Waals surface area contributed by atoms with Gasteiger partial charge in [0.05, 0.1) is 6.54 Å². The van der Waals surface area contributed by atoms with Crippen LogP contribution in [0.3, 0.4) is 0 Å². The molecule has 1 aromatic carbocycles. The third kappa shape index (κ3) is 2.19. The molecule has 0 atom stereocenters. The van der Waals surface area contributed by atoms with Crippen molar-refractivity contribution < 1.29 is 9.59 Å². The molecule has 0 aliphatic carbocycles. The van der Waals surface area contributed by atoms with Crippen LogP contribution in [0.15, 0.2) is 18.2 Å². The predicted molar refractivity (Wildman–Crippen MR) is 64.4 cm³/mol. The second kappa shape index (κ2) is 4.25. The second-order valence-electron chi connectivity index (χ2n) is 3.96. The molecule has 5 nitrogen and oxygen atoms in total. The molecular formula is C11H12ClN3O2. The summed E-state index contributed by atoms with van der Waals surface area (Å²) in [6, 6.07) is 4.70. The summed E-state index contributed by atoms with van der Waals surface area (Å²) in [5, 5.41) is 0.530. The zero-order valence-corrected chi connectivity index (χ0v) is 10.1. The maximum absolute atomic E-state index is 11.7. The standard InChI is InChI=1S/C11H12ClN3O2/c1-14-6-10(16)15(11(14)17)5-7-2-3-8(12)4-9(7)13/h2-4H,5-6,13H2,1H3. The van der Waals surface area contributed by atoms with Gasteiger partial charge >= 0.3 is 6.03 Å². The number of halogens is 1. The van der Waals surface area contributed by atoms with Gasteiger partial charge in [-0.25, -0.2) is 4.79 Å². The first-order chi connectivity index (χ1) is 7.99. The van der Waals surface area contributed by atoms with Gasteiger partial charge in [-0.2, -0.15) is 0 Å². The molecule has 1 aromatic rings. The number of urea groups is 1. The fourth-order valence-electron chi connectivity index (χ4n) is 1.70. The fraction of sp³-hybridized carbons (Fsp3) is 0.273. The molecule has 1 aliphatic rings. The van der Waals surface area contributed by atoms with E-state index in [1.807, 2.05) is 0 Å². The Hall–Kier alpha value is -1.75. The van der Waals surface area contributed by atoms with Crippen molar-refractivity contribution in [2.24, 2.45) is 0 Å². The van der Waals surface area contributed by atoms with Crippen LogP contribution < -0.4 is 5.73 Å². The van der Waals surface area contributed by atoms with E-state index in [-0.39, 0.29) is 25.0 Å². The molecule has 0 aromatic heterocycles. The third-order valence-electron chi connectivity index (χ3n) is 2.67. The summed E-state index contributed by atoms with van der Waals surface area (Å²) < 4.78 is 0. The molecule has 0 unspecified atom stereocenters. The molecular weight excluding hydrogens is 242 g/mol. The van der Waals surface area contributed by atoms with Gasteiger partial charge in [-0.15, -0.1) is 0 Å². The number of hydrogen-bond donors (Lipinski definition) is 1. The lowest BCUT2D eigenvalue weighted by Gasteiger charge is -2.15. The minimum atomic E-state index is -0.302. The molecule has 17 heavy (non-hydrogen) atoms. The van der Waals surface area contributed by atoms with Crippen LogP contribution in [0.4, 0.5) is 10.5 Å². The van der Waals surface area contributed by atoms with E-state index >= 15 is 0 Å². The van der Waals surface area contributed by atoms with Crippen LogP contribution in [0, 0.1) is 0 Å². The Morgan fingerprint density at radius 2 is 2.12 bits per heavy atom. The van der Waals surface area contributed by atoms with Gasteiger partial charge in [-0.1, -0.05) is 17.7 Å². The van der Waals surface area contributed by atoms with Gasteiger partial charge in [0.25, 0.3) is 5.91 Å². The SMILES string of the molecule is CN1CC(=O)N(Cc2ccc(Cl)cc2N)C1=O. The van der Waals surface area contributed by atoms with Gasteiger partial charge in [0.15, 0.2) is 0 Å². The number of nitrogen functional groups attached to an aromatic ring is 1. The van der Waals surface area contributed by atoms with Crippen molar-refractivity contribution in [1.82, 2.24) is 9.80 Å². The van der Waals surface area contributed by atoms with Gasteiger partial charge in [0.2, 0.25) is 0 Å². The highest BCUT2D eigenvalue weighted by Gasteiger charge is 2.33. The molecule has 3 amide bonds. The minimum absolute atomic E-state index is 0.117. The van der Waals surface area contributed by atoms with Crippen molar-refractivity contribution in [3.8, 4) is 0 Å². The summed E-state index contributed by atoms with van der Waals surface area (Å²) in [6.45, 7) is 0.303. The Kier molecular flexibility index (Phi) is 2.93. The van der Waals surface area contributed by atoms with Crippen LogP contribution in [0.5, 0.6) is 0 Å². The number of carbonyl (C=O) groups excluding carboxylic acids is 2. The molecule has 0 spiro atoms.